The lowest BCUT2D eigenvalue weighted by molar-refractivity contribution is 0.0947. The van der Waals surface area contributed by atoms with Crippen molar-refractivity contribution in [1.82, 2.24) is 15.1 Å². The number of nitrogens with one attached hydrogen (secondary N) is 1. The lowest BCUT2D eigenvalue weighted by Gasteiger charge is -2.08. The van der Waals surface area contributed by atoms with E-state index in [1.165, 1.54) is 0 Å². The van der Waals surface area contributed by atoms with Crippen molar-refractivity contribution in [1.29, 1.82) is 0 Å². The second kappa shape index (κ2) is 6.56. The van der Waals surface area contributed by atoms with Crippen molar-refractivity contribution in [2.24, 2.45) is 0 Å². The molecule has 0 bridgehead atoms. The summed E-state index contributed by atoms with van der Waals surface area (Å²) in [6.07, 6.45) is 1.89. The summed E-state index contributed by atoms with van der Waals surface area (Å²) in [7, 11) is 1.55. The molecule has 0 radical (unpaired) electrons. The molecule has 1 aromatic carbocycles. The topological polar surface area (TPSA) is 56.2 Å². The van der Waals surface area contributed by atoms with Gasteiger partial charge in [0.25, 0.3) is 5.91 Å². The number of ether oxygens (including phenoxy) is 1. The number of aromatic nitrogens is 2. The van der Waals surface area contributed by atoms with Crippen LogP contribution >= 0.6 is 15.9 Å². The van der Waals surface area contributed by atoms with Crippen molar-refractivity contribution in [2.75, 3.05) is 7.11 Å². The molecule has 2 rings (SSSR count). The lowest BCUT2D eigenvalue weighted by Crippen LogP contribution is -2.23. The van der Waals surface area contributed by atoms with Gasteiger partial charge in [0.1, 0.15) is 5.75 Å². The van der Waals surface area contributed by atoms with E-state index in [2.05, 4.69) is 26.3 Å². The highest BCUT2D eigenvalue weighted by Gasteiger charge is 2.13. The molecule has 1 N–H and O–H groups in total. The lowest BCUT2D eigenvalue weighted by atomic mass is 10.2. The Labute approximate surface area is 126 Å². The minimum Gasteiger partial charge on any atom is -0.496 e. The third-order valence-electron chi connectivity index (χ3n) is 2.88. The second-order valence-electron chi connectivity index (χ2n) is 4.16. The quantitative estimate of drug-likeness (QED) is 0.912. The van der Waals surface area contributed by atoms with Gasteiger partial charge in [0.15, 0.2) is 0 Å². The van der Waals surface area contributed by atoms with Gasteiger partial charge >= 0.3 is 0 Å². The maximum Gasteiger partial charge on any atom is 0.255 e. The van der Waals surface area contributed by atoms with Gasteiger partial charge in [0.2, 0.25) is 0 Å². The zero-order chi connectivity index (χ0) is 14.5. The Bertz CT molecular complexity index is 610. The Morgan fingerprint density at radius 1 is 1.45 bits per heavy atom. The maximum absolute atomic E-state index is 12.1. The first kappa shape index (κ1) is 14.6. The van der Waals surface area contributed by atoms with Gasteiger partial charge in [-0.25, -0.2) is 0 Å². The van der Waals surface area contributed by atoms with Gasteiger partial charge in [0.05, 0.1) is 29.4 Å². The molecule has 0 aliphatic heterocycles. The summed E-state index contributed by atoms with van der Waals surface area (Å²) in [6, 6.07) is 7.12. The van der Waals surface area contributed by atoms with E-state index in [0.29, 0.717) is 17.9 Å². The fraction of sp³-hybridized carbons (Fsp3) is 0.286. The van der Waals surface area contributed by atoms with E-state index < -0.39 is 0 Å². The number of methoxy groups -OCH3 is 1. The van der Waals surface area contributed by atoms with E-state index in [9.17, 15) is 4.79 Å². The molecule has 0 atom stereocenters. The SMILES string of the molecule is CCn1cc(Br)c(CNC(=O)c2ccccc2OC)n1. The van der Waals surface area contributed by atoms with Crippen LogP contribution in [0.5, 0.6) is 5.75 Å². The molecule has 0 saturated heterocycles. The predicted molar refractivity (Wildman–Crippen MR) is 79.8 cm³/mol. The molecule has 1 amide bonds. The smallest absolute Gasteiger partial charge is 0.255 e. The largest absolute Gasteiger partial charge is 0.496 e. The van der Waals surface area contributed by atoms with Gasteiger partial charge in [-0.15, -0.1) is 0 Å². The minimum atomic E-state index is -0.180. The van der Waals surface area contributed by atoms with Gasteiger partial charge in [-0.1, -0.05) is 12.1 Å². The van der Waals surface area contributed by atoms with Crippen LogP contribution in [-0.4, -0.2) is 22.8 Å². The Morgan fingerprint density at radius 3 is 2.85 bits per heavy atom. The summed E-state index contributed by atoms with van der Waals surface area (Å²) < 4.78 is 7.88. The van der Waals surface area contributed by atoms with Gasteiger partial charge in [-0.05, 0) is 35.0 Å². The highest BCUT2D eigenvalue weighted by Crippen LogP contribution is 2.18. The molecule has 1 aromatic heterocycles. The molecular formula is C14H16BrN3O2. The number of carbonyl (C=O) groups is 1. The van der Waals surface area contributed by atoms with Crippen molar-refractivity contribution in [3.8, 4) is 5.75 Å². The van der Waals surface area contributed by atoms with E-state index in [-0.39, 0.29) is 5.91 Å². The standard InChI is InChI=1S/C14H16BrN3O2/c1-3-18-9-11(15)12(17-18)8-16-14(19)10-6-4-5-7-13(10)20-2/h4-7,9H,3,8H2,1-2H3,(H,16,19). The second-order valence-corrected chi connectivity index (χ2v) is 5.02. The van der Waals surface area contributed by atoms with E-state index in [1.54, 1.807) is 25.3 Å². The number of benzene rings is 1. The molecule has 6 heteroatoms. The highest BCUT2D eigenvalue weighted by atomic mass is 79.9. The van der Waals surface area contributed by atoms with Gasteiger partial charge in [-0.2, -0.15) is 5.10 Å². The van der Waals surface area contributed by atoms with E-state index in [4.69, 9.17) is 4.74 Å². The number of carbonyl (C=O) groups excluding carboxylic acids is 1. The average Bonchev–Trinajstić information content (AvgIpc) is 2.85. The minimum absolute atomic E-state index is 0.180. The zero-order valence-corrected chi connectivity index (χ0v) is 13.0. The zero-order valence-electron chi connectivity index (χ0n) is 11.4. The normalized spacial score (nSPS) is 10.3. The first-order chi connectivity index (χ1) is 9.65. The molecule has 0 spiro atoms. The summed E-state index contributed by atoms with van der Waals surface area (Å²) in [6.45, 7) is 3.17. The van der Waals surface area contributed by atoms with Crippen molar-refractivity contribution in [3.05, 3.63) is 46.2 Å². The van der Waals surface area contributed by atoms with Crippen LogP contribution < -0.4 is 10.1 Å². The van der Waals surface area contributed by atoms with Gasteiger partial charge < -0.3 is 10.1 Å². The van der Waals surface area contributed by atoms with Crippen molar-refractivity contribution < 1.29 is 9.53 Å². The van der Waals surface area contributed by atoms with E-state index in [1.807, 2.05) is 23.9 Å². The van der Waals surface area contributed by atoms with Crippen LogP contribution in [0.3, 0.4) is 0 Å². The number of hydrogen-bond donors (Lipinski definition) is 1. The molecule has 5 nitrogen and oxygen atoms in total. The van der Waals surface area contributed by atoms with Crippen LogP contribution in [0.1, 0.15) is 23.0 Å². The van der Waals surface area contributed by atoms with Crippen LogP contribution in [-0.2, 0) is 13.1 Å². The molecule has 0 unspecified atom stereocenters. The summed E-state index contributed by atoms with van der Waals surface area (Å²) in [5.74, 6) is 0.378. The average molecular weight is 338 g/mol. The Morgan fingerprint density at radius 2 is 2.20 bits per heavy atom. The fourth-order valence-electron chi connectivity index (χ4n) is 1.81. The highest BCUT2D eigenvalue weighted by molar-refractivity contribution is 9.10. The molecule has 0 aliphatic carbocycles. The molecular weight excluding hydrogens is 322 g/mol. The molecule has 0 saturated carbocycles. The first-order valence-electron chi connectivity index (χ1n) is 6.28. The monoisotopic (exact) mass is 337 g/mol. The van der Waals surface area contributed by atoms with Crippen molar-refractivity contribution >= 4 is 21.8 Å². The number of aryl methyl sites for hydroxylation is 1. The van der Waals surface area contributed by atoms with Crippen LogP contribution in [0.2, 0.25) is 0 Å². The summed E-state index contributed by atoms with van der Waals surface area (Å²) in [4.78, 5) is 12.1. The van der Waals surface area contributed by atoms with Crippen LogP contribution in [0.15, 0.2) is 34.9 Å². The number of para-hydroxylation sites is 1. The number of halogens is 1. The van der Waals surface area contributed by atoms with Gasteiger partial charge in [-0.3, -0.25) is 9.48 Å². The van der Waals surface area contributed by atoms with Gasteiger partial charge in [0, 0.05) is 12.7 Å². The molecule has 20 heavy (non-hydrogen) atoms. The van der Waals surface area contributed by atoms with E-state index in [0.717, 1.165) is 16.7 Å². The van der Waals surface area contributed by atoms with Crippen LogP contribution in [0.4, 0.5) is 0 Å². The Hall–Kier alpha value is -1.82. The van der Waals surface area contributed by atoms with Crippen molar-refractivity contribution in [3.63, 3.8) is 0 Å². The molecule has 106 valence electrons. The van der Waals surface area contributed by atoms with Crippen LogP contribution in [0.25, 0.3) is 0 Å². The Balaban J connectivity index is 2.06. The Kier molecular flexibility index (Phi) is 4.79. The summed E-state index contributed by atoms with van der Waals surface area (Å²) in [5, 5.41) is 7.20. The number of hydrogen-bond acceptors (Lipinski definition) is 3. The van der Waals surface area contributed by atoms with Crippen LogP contribution in [0, 0.1) is 0 Å². The molecule has 0 fully saturated rings. The maximum atomic E-state index is 12.1. The third kappa shape index (κ3) is 3.19. The molecule has 1 heterocycles. The fourth-order valence-corrected chi connectivity index (χ4v) is 2.27. The van der Waals surface area contributed by atoms with E-state index >= 15 is 0 Å². The molecule has 2 aromatic rings. The number of amides is 1. The predicted octanol–water partition coefficient (Wildman–Crippen LogP) is 2.60. The third-order valence-corrected chi connectivity index (χ3v) is 3.54. The molecule has 0 aliphatic rings. The summed E-state index contributed by atoms with van der Waals surface area (Å²) >= 11 is 3.43. The number of rotatable bonds is 5. The summed E-state index contributed by atoms with van der Waals surface area (Å²) in [5.41, 5.74) is 1.32. The van der Waals surface area contributed by atoms with Crippen molar-refractivity contribution in [2.45, 2.75) is 20.0 Å². The first-order valence-corrected chi connectivity index (χ1v) is 7.08. The number of nitrogens with zero attached hydrogens (tertiary/aromatic N) is 2.